The van der Waals surface area contributed by atoms with Gasteiger partial charge >= 0.3 is 0 Å². The lowest BCUT2D eigenvalue weighted by atomic mass is 10.3. The van der Waals surface area contributed by atoms with E-state index in [4.69, 9.17) is 23.2 Å². The van der Waals surface area contributed by atoms with E-state index in [0.717, 1.165) is 15.2 Å². The highest BCUT2D eigenvalue weighted by molar-refractivity contribution is 7.19. The first-order valence-corrected chi connectivity index (χ1v) is 4.96. The van der Waals surface area contributed by atoms with Gasteiger partial charge < -0.3 is 0 Å². The van der Waals surface area contributed by atoms with Gasteiger partial charge in [-0.05, 0) is 19.1 Å². The Morgan fingerprint density at radius 3 is 2.83 bits per heavy atom. The number of thiazole rings is 1. The van der Waals surface area contributed by atoms with Crippen molar-refractivity contribution in [1.29, 1.82) is 0 Å². The predicted octanol–water partition coefficient (Wildman–Crippen LogP) is 3.91. The first-order valence-electron chi connectivity index (χ1n) is 3.39. The summed E-state index contributed by atoms with van der Waals surface area (Å²) in [5, 5.41) is 2.33. The summed E-state index contributed by atoms with van der Waals surface area (Å²) in [7, 11) is 0. The number of nitrogens with zero attached hydrogens (tertiary/aromatic N) is 1. The van der Waals surface area contributed by atoms with Crippen LogP contribution in [0.5, 0.6) is 0 Å². The summed E-state index contributed by atoms with van der Waals surface area (Å²) in [5.41, 5.74) is 0.884. The molecule has 12 heavy (non-hydrogen) atoms. The molecule has 1 aromatic heterocycles. The number of fused-ring (bicyclic) bond motifs is 1. The van der Waals surface area contributed by atoms with Crippen molar-refractivity contribution >= 4 is 44.8 Å². The molecule has 0 aliphatic heterocycles. The van der Waals surface area contributed by atoms with Crippen molar-refractivity contribution in [3.63, 3.8) is 0 Å². The van der Waals surface area contributed by atoms with E-state index in [9.17, 15) is 0 Å². The molecule has 2 rings (SSSR count). The first-order chi connectivity index (χ1) is 5.66. The van der Waals surface area contributed by atoms with Crippen LogP contribution in [0, 0.1) is 6.92 Å². The summed E-state index contributed by atoms with van der Waals surface area (Å²) >= 11 is 13.4. The largest absolute Gasteiger partial charge is 0.241 e. The van der Waals surface area contributed by atoms with Gasteiger partial charge in [0.05, 0.1) is 20.2 Å². The standard InChI is InChI=1S/C8H5Cl2NS/c1-4-11-7-3-5(9)2-6(10)8(7)12-4/h2-3H,1H3. The third kappa shape index (κ3) is 1.30. The van der Waals surface area contributed by atoms with Gasteiger partial charge in [-0.2, -0.15) is 0 Å². The highest BCUT2D eigenvalue weighted by Gasteiger charge is 2.05. The van der Waals surface area contributed by atoms with Gasteiger partial charge in [0.1, 0.15) is 0 Å². The van der Waals surface area contributed by atoms with Crippen molar-refractivity contribution in [2.24, 2.45) is 0 Å². The Kier molecular flexibility index (Phi) is 1.99. The van der Waals surface area contributed by atoms with Crippen molar-refractivity contribution in [2.75, 3.05) is 0 Å². The summed E-state index contributed by atoms with van der Waals surface area (Å²) in [5.74, 6) is 0. The van der Waals surface area contributed by atoms with E-state index in [-0.39, 0.29) is 0 Å². The van der Waals surface area contributed by atoms with Crippen molar-refractivity contribution in [2.45, 2.75) is 6.92 Å². The van der Waals surface area contributed by atoms with Crippen LogP contribution < -0.4 is 0 Å². The molecule has 0 amide bonds. The molecular formula is C8H5Cl2NS. The molecule has 0 aliphatic carbocycles. The Balaban J connectivity index is 2.88. The summed E-state index contributed by atoms with van der Waals surface area (Å²) in [4.78, 5) is 4.28. The maximum Gasteiger partial charge on any atom is 0.0908 e. The fourth-order valence-electron chi connectivity index (χ4n) is 1.07. The Bertz CT molecular complexity index is 436. The van der Waals surface area contributed by atoms with Crippen LogP contribution in [-0.2, 0) is 0 Å². The SMILES string of the molecule is Cc1nc2cc(Cl)cc(Cl)c2s1. The minimum absolute atomic E-state index is 0.637. The molecule has 1 nitrogen and oxygen atoms in total. The van der Waals surface area contributed by atoms with E-state index >= 15 is 0 Å². The molecule has 0 fully saturated rings. The molecular weight excluding hydrogens is 213 g/mol. The van der Waals surface area contributed by atoms with Gasteiger partial charge in [0.25, 0.3) is 0 Å². The molecule has 2 aromatic rings. The number of hydrogen-bond acceptors (Lipinski definition) is 2. The zero-order chi connectivity index (χ0) is 8.72. The fourth-order valence-corrected chi connectivity index (χ4v) is 2.47. The van der Waals surface area contributed by atoms with Gasteiger partial charge in [-0.15, -0.1) is 11.3 Å². The molecule has 1 aromatic carbocycles. The second-order valence-electron chi connectivity index (χ2n) is 2.47. The van der Waals surface area contributed by atoms with Gasteiger partial charge in [-0.25, -0.2) is 4.98 Å². The van der Waals surface area contributed by atoms with Crippen molar-refractivity contribution in [3.8, 4) is 0 Å². The quantitative estimate of drug-likeness (QED) is 0.653. The van der Waals surface area contributed by atoms with Crippen LogP contribution in [0.15, 0.2) is 12.1 Å². The molecule has 0 radical (unpaired) electrons. The highest BCUT2D eigenvalue weighted by atomic mass is 35.5. The Labute approximate surface area is 83.9 Å². The van der Waals surface area contributed by atoms with E-state index in [1.54, 1.807) is 17.4 Å². The van der Waals surface area contributed by atoms with Gasteiger partial charge in [-0.1, -0.05) is 23.2 Å². The van der Waals surface area contributed by atoms with Gasteiger partial charge in [-0.3, -0.25) is 0 Å². The topological polar surface area (TPSA) is 12.9 Å². The average molecular weight is 218 g/mol. The Hall–Kier alpha value is -0.310. The smallest absolute Gasteiger partial charge is 0.0908 e. The fraction of sp³-hybridized carbons (Fsp3) is 0.125. The number of benzene rings is 1. The number of halogens is 2. The van der Waals surface area contributed by atoms with E-state index in [1.165, 1.54) is 0 Å². The van der Waals surface area contributed by atoms with E-state index in [1.807, 2.05) is 13.0 Å². The number of aryl methyl sites for hydroxylation is 1. The monoisotopic (exact) mass is 217 g/mol. The van der Waals surface area contributed by atoms with Crippen LogP contribution in [-0.4, -0.2) is 4.98 Å². The van der Waals surface area contributed by atoms with Crippen LogP contribution in [0.3, 0.4) is 0 Å². The van der Waals surface area contributed by atoms with E-state index in [0.29, 0.717) is 10.0 Å². The van der Waals surface area contributed by atoms with Crippen molar-refractivity contribution in [3.05, 3.63) is 27.2 Å². The molecule has 0 N–H and O–H groups in total. The van der Waals surface area contributed by atoms with Gasteiger partial charge in [0.2, 0.25) is 0 Å². The average Bonchev–Trinajstić information content (AvgIpc) is 2.29. The summed E-state index contributed by atoms with van der Waals surface area (Å²) < 4.78 is 1.01. The molecule has 0 saturated heterocycles. The molecule has 0 unspecified atom stereocenters. The highest BCUT2D eigenvalue weighted by Crippen LogP contribution is 2.31. The predicted molar refractivity (Wildman–Crippen MR) is 54.4 cm³/mol. The lowest BCUT2D eigenvalue weighted by molar-refractivity contribution is 1.35. The third-order valence-corrected chi connectivity index (χ3v) is 3.16. The molecule has 0 aliphatic rings. The summed E-state index contributed by atoms with van der Waals surface area (Å²) in [6.07, 6.45) is 0. The molecule has 0 bridgehead atoms. The number of hydrogen-bond donors (Lipinski definition) is 0. The number of aromatic nitrogens is 1. The number of rotatable bonds is 0. The Morgan fingerprint density at radius 1 is 1.33 bits per heavy atom. The van der Waals surface area contributed by atoms with Crippen LogP contribution in [0.2, 0.25) is 10.0 Å². The van der Waals surface area contributed by atoms with Gasteiger partial charge in [0.15, 0.2) is 0 Å². The molecule has 0 spiro atoms. The molecule has 0 saturated carbocycles. The minimum Gasteiger partial charge on any atom is -0.241 e. The molecule has 4 heteroatoms. The van der Waals surface area contributed by atoms with E-state index < -0.39 is 0 Å². The lowest BCUT2D eigenvalue weighted by Crippen LogP contribution is -1.70. The van der Waals surface area contributed by atoms with Crippen LogP contribution in [0.1, 0.15) is 5.01 Å². The third-order valence-electron chi connectivity index (χ3n) is 1.52. The second-order valence-corrected chi connectivity index (χ2v) is 4.52. The second kappa shape index (κ2) is 2.87. The van der Waals surface area contributed by atoms with Crippen LogP contribution in [0.4, 0.5) is 0 Å². The minimum atomic E-state index is 0.637. The van der Waals surface area contributed by atoms with Crippen molar-refractivity contribution < 1.29 is 0 Å². The Morgan fingerprint density at radius 2 is 2.08 bits per heavy atom. The first kappa shape index (κ1) is 8.30. The lowest BCUT2D eigenvalue weighted by Gasteiger charge is -1.92. The maximum atomic E-state index is 5.96. The maximum absolute atomic E-state index is 5.96. The molecule has 0 atom stereocenters. The zero-order valence-electron chi connectivity index (χ0n) is 6.27. The zero-order valence-corrected chi connectivity index (χ0v) is 8.59. The molecule has 62 valence electrons. The van der Waals surface area contributed by atoms with Crippen LogP contribution in [0.25, 0.3) is 10.2 Å². The van der Waals surface area contributed by atoms with E-state index in [2.05, 4.69) is 4.98 Å². The van der Waals surface area contributed by atoms with Crippen LogP contribution >= 0.6 is 34.5 Å². The van der Waals surface area contributed by atoms with Crippen molar-refractivity contribution in [1.82, 2.24) is 4.98 Å². The summed E-state index contributed by atoms with van der Waals surface area (Å²) in [6.45, 7) is 1.95. The normalized spacial score (nSPS) is 10.9. The summed E-state index contributed by atoms with van der Waals surface area (Å²) in [6, 6.07) is 3.56. The molecule has 1 heterocycles. The van der Waals surface area contributed by atoms with Gasteiger partial charge in [0, 0.05) is 5.02 Å².